The Bertz CT molecular complexity index is 850. The zero-order chi connectivity index (χ0) is 21.6. The van der Waals surface area contributed by atoms with E-state index in [1.807, 2.05) is 6.92 Å². The van der Waals surface area contributed by atoms with E-state index in [2.05, 4.69) is 6.58 Å². The maximum atomic E-state index is 13.7. The fourth-order valence-electron chi connectivity index (χ4n) is 8.31. The molecule has 0 amide bonds. The van der Waals surface area contributed by atoms with E-state index < -0.39 is 52.4 Å². The second kappa shape index (κ2) is 6.16. The first-order chi connectivity index (χ1) is 14.1. The van der Waals surface area contributed by atoms with Crippen LogP contribution in [0.15, 0.2) is 12.2 Å². The first kappa shape index (κ1) is 20.2. The van der Waals surface area contributed by atoms with E-state index in [0.717, 1.165) is 19.3 Å². The van der Waals surface area contributed by atoms with E-state index in [1.165, 1.54) is 6.92 Å². The van der Waals surface area contributed by atoms with Crippen LogP contribution < -0.4 is 0 Å². The van der Waals surface area contributed by atoms with E-state index in [4.69, 9.17) is 14.2 Å². The molecule has 1 spiro atoms. The summed E-state index contributed by atoms with van der Waals surface area (Å²) >= 11 is 0. The Labute approximate surface area is 176 Å². The number of aliphatic hydroxyl groups is 1. The average molecular weight is 418 g/mol. The van der Waals surface area contributed by atoms with Gasteiger partial charge in [0, 0.05) is 31.3 Å². The van der Waals surface area contributed by atoms with E-state index in [0.29, 0.717) is 18.4 Å². The molecule has 1 aliphatic heterocycles. The third-order valence-corrected chi connectivity index (χ3v) is 9.32. The standard InChI is InChI=1S/C23H30O7/c1-11-13-8-14(30-12(2)24)17-22-7-5-6-21(3,20(27)29-10-22)15(22)9-16(28-4)23(17,18(11)25)19(13)26/h13-17,19,26H,1,5-10H2,2-4H3/t13-,14-,15+,16-,17-,19+,21+,22-,23-/m0/s1. The minimum absolute atomic E-state index is 0.0657. The van der Waals surface area contributed by atoms with Crippen molar-refractivity contribution in [1.29, 1.82) is 0 Å². The molecule has 7 heteroatoms. The second-order valence-electron chi connectivity index (χ2n) is 10.3. The third kappa shape index (κ3) is 2.06. The van der Waals surface area contributed by atoms with E-state index in [-0.39, 0.29) is 24.3 Å². The van der Waals surface area contributed by atoms with Crippen LogP contribution in [-0.2, 0) is 28.6 Å². The number of esters is 2. The number of ketones is 1. The third-order valence-electron chi connectivity index (χ3n) is 9.32. The van der Waals surface area contributed by atoms with Crippen molar-refractivity contribution in [3.8, 4) is 0 Å². The predicted octanol–water partition coefficient (Wildman–Crippen LogP) is 1.81. The summed E-state index contributed by atoms with van der Waals surface area (Å²) in [4.78, 5) is 38.6. The Hall–Kier alpha value is -1.73. The average Bonchev–Trinajstić information content (AvgIpc) is 2.81. The van der Waals surface area contributed by atoms with Gasteiger partial charge in [0.05, 0.1) is 29.6 Å². The first-order valence-electron chi connectivity index (χ1n) is 10.9. The van der Waals surface area contributed by atoms with Crippen LogP contribution in [0.5, 0.6) is 0 Å². The smallest absolute Gasteiger partial charge is 0.312 e. The van der Waals surface area contributed by atoms with Crippen molar-refractivity contribution >= 4 is 17.7 Å². The zero-order valence-corrected chi connectivity index (χ0v) is 17.8. The number of cyclic esters (lactones) is 1. The van der Waals surface area contributed by atoms with Crippen molar-refractivity contribution < 1.29 is 33.7 Å². The lowest BCUT2D eigenvalue weighted by atomic mass is 9.38. The molecule has 0 aromatic carbocycles. The second-order valence-corrected chi connectivity index (χ2v) is 10.3. The molecular formula is C23H30O7. The Morgan fingerprint density at radius 2 is 2.00 bits per heavy atom. The number of carbonyl (C=O) groups excluding carboxylic acids is 3. The summed E-state index contributed by atoms with van der Waals surface area (Å²) in [6.45, 7) is 7.52. The van der Waals surface area contributed by atoms with Crippen molar-refractivity contribution in [2.45, 2.75) is 64.3 Å². The molecule has 5 fully saturated rings. The van der Waals surface area contributed by atoms with Gasteiger partial charge in [-0.3, -0.25) is 14.4 Å². The molecule has 1 saturated heterocycles. The molecule has 0 aromatic rings. The fraction of sp³-hybridized carbons (Fsp3) is 0.783. The van der Waals surface area contributed by atoms with Gasteiger partial charge in [0.15, 0.2) is 5.78 Å². The summed E-state index contributed by atoms with van der Waals surface area (Å²) in [5, 5.41) is 11.5. The maximum absolute atomic E-state index is 13.7. The van der Waals surface area contributed by atoms with Gasteiger partial charge >= 0.3 is 11.9 Å². The van der Waals surface area contributed by atoms with Crippen molar-refractivity contribution in [2.24, 2.45) is 34.0 Å². The number of methoxy groups -OCH3 is 1. The Balaban J connectivity index is 1.76. The van der Waals surface area contributed by atoms with Crippen LogP contribution in [0.2, 0.25) is 0 Å². The summed E-state index contributed by atoms with van der Waals surface area (Å²) in [6.07, 6.45) is 1.08. The first-order valence-corrected chi connectivity index (χ1v) is 10.9. The van der Waals surface area contributed by atoms with Gasteiger partial charge in [-0.15, -0.1) is 0 Å². The van der Waals surface area contributed by atoms with Gasteiger partial charge < -0.3 is 19.3 Å². The number of aliphatic hydroxyl groups excluding tert-OH is 1. The van der Waals surface area contributed by atoms with Crippen LogP contribution >= 0.6 is 0 Å². The SMILES string of the molecule is C=C1C(=O)[C@]23[C@@H](OC)C[C@H]4[C@@]5(CCC[C@@]4(C)C(=O)OC5)[C@@H]2[C@@H](OC(C)=O)C[C@@H]1[C@H]3O. The van der Waals surface area contributed by atoms with Gasteiger partial charge in [-0.2, -0.15) is 0 Å². The van der Waals surface area contributed by atoms with Crippen LogP contribution in [0.25, 0.3) is 0 Å². The lowest BCUT2D eigenvalue weighted by Crippen LogP contribution is -2.74. The highest BCUT2D eigenvalue weighted by atomic mass is 16.5. The summed E-state index contributed by atoms with van der Waals surface area (Å²) in [6, 6.07) is 0. The number of hydrogen-bond acceptors (Lipinski definition) is 7. The molecule has 7 nitrogen and oxygen atoms in total. The summed E-state index contributed by atoms with van der Waals surface area (Å²) < 4.78 is 17.5. The van der Waals surface area contributed by atoms with Crippen LogP contribution in [-0.4, -0.2) is 54.9 Å². The summed E-state index contributed by atoms with van der Waals surface area (Å²) in [5.74, 6) is -1.79. The van der Waals surface area contributed by atoms with Gasteiger partial charge in [-0.1, -0.05) is 13.0 Å². The molecule has 0 unspecified atom stereocenters. The minimum Gasteiger partial charge on any atom is -0.465 e. The predicted molar refractivity (Wildman–Crippen MR) is 104 cm³/mol. The highest BCUT2D eigenvalue weighted by Gasteiger charge is 2.79. The van der Waals surface area contributed by atoms with Gasteiger partial charge in [-0.25, -0.2) is 0 Å². The molecule has 1 heterocycles. The lowest BCUT2D eigenvalue weighted by Gasteiger charge is -2.68. The molecule has 4 aliphatic carbocycles. The molecule has 0 aromatic heterocycles. The largest absolute Gasteiger partial charge is 0.465 e. The van der Waals surface area contributed by atoms with Crippen molar-refractivity contribution in [2.75, 3.05) is 13.7 Å². The molecule has 4 saturated carbocycles. The lowest BCUT2D eigenvalue weighted by molar-refractivity contribution is -0.287. The van der Waals surface area contributed by atoms with Gasteiger partial charge in [0.25, 0.3) is 0 Å². The number of fused-ring (bicyclic) bond motifs is 1. The molecule has 164 valence electrons. The van der Waals surface area contributed by atoms with Crippen LogP contribution in [0, 0.1) is 34.0 Å². The monoisotopic (exact) mass is 418 g/mol. The fourth-order valence-corrected chi connectivity index (χ4v) is 8.31. The molecule has 4 bridgehead atoms. The Morgan fingerprint density at radius 1 is 1.27 bits per heavy atom. The quantitative estimate of drug-likeness (QED) is 0.539. The highest BCUT2D eigenvalue weighted by Crippen LogP contribution is 2.73. The Morgan fingerprint density at radius 3 is 2.67 bits per heavy atom. The maximum Gasteiger partial charge on any atom is 0.312 e. The molecule has 5 aliphatic rings. The number of ether oxygens (including phenoxy) is 3. The van der Waals surface area contributed by atoms with E-state index in [9.17, 15) is 19.5 Å². The molecule has 30 heavy (non-hydrogen) atoms. The van der Waals surface area contributed by atoms with Crippen LogP contribution in [0.3, 0.4) is 0 Å². The van der Waals surface area contributed by atoms with Crippen LogP contribution in [0.4, 0.5) is 0 Å². The van der Waals surface area contributed by atoms with E-state index >= 15 is 0 Å². The van der Waals surface area contributed by atoms with Crippen molar-refractivity contribution in [1.82, 2.24) is 0 Å². The summed E-state index contributed by atoms with van der Waals surface area (Å²) in [7, 11) is 1.55. The van der Waals surface area contributed by atoms with Crippen molar-refractivity contribution in [3.63, 3.8) is 0 Å². The number of carbonyl (C=O) groups is 3. The number of rotatable bonds is 2. The molecule has 9 atom stereocenters. The topological polar surface area (TPSA) is 99.1 Å². The normalized spacial score (nSPS) is 51.7. The van der Waals surface area contributed by atoms with E-state index in [1.54, 1.807) is 7.11 Å². The summed E-state index contributed by atoms with van der Waals surface area (Å²) in [5.41, 5.74) is -2.04. The molecule has 0 radical (unpaired) electrons. The van der Waals surface area contributed by atoms with Crippen molar-refractivity contribution in [3.05, 3.63) is 12.2 Å². The molecule has 1 N–H and O–H groups in total. The highest BCUT2D eigenvalue weighted by molar-refractivity contribution is 6.04. The number of Topliss-reactive ketones (excluding diaryl/α,β-unsaturated/α-hetero) is 1. The Kier molecular flexibility index (Phi) is 4.15. The molecular weight excluding hydrogens is 388 g/mol. The van der Waals surface area contributed by atoms with Gasteiger partial charge in [-0.05, 0) is 44.1 Å². The van der Waals surface area contributed by atoms with Gasteiger partial charge in [0.1, 0.15) is 6.10 Å². The number of hydrogen-bond donors (Lipinski definition) is 1. The minimum atomic E-state index is -1.23. The van der Waals surface area contributed by atoms with Crippen LogP contribution in [0.1, 0.15) is 46.0 Å². The zero-order valence-electron chi connectivity index (χ0n) is 17.8. The van der Waals surface area contributed by atoms with Gasteiger partial charge in [0.2, 0.25) is 0 Å². The molecule has 5 rings (SSSR count).